The molecule has 5 heteroatoms. The molecule has 0 aliphatic heterocycles. The van der Waals surface area contributed by atoms with Gasteiger partial charge < -0.3 is 15.2 Å². The molecule has 1 unspecified atom stereocenters. The van der Waals surface area contributed by atoms with Crippen molar-refractivity contribution in [3.8, 4) is 11.1 Å². The van der Waals surface area contributed by atoms with Crippen molar-refractivity contribution in [1.29, 1.82) is 0 Å². The lowest BCUT2D eigenvalue weighted by molar-refractivity contribution is -0.160. The molecule has 2 aromatic rings. The van der Waals surface area contributed by atoms with E-state index in [1.165, 1.54) is 0 Å². The molecule has 0 aliphatic carbocycles. The van der Waals surface area contributed by atoms with Gasteiger partial charge in [-0.3, -0.25) is 10.1 Å². The number of esters is 1. The maximum absolute atomic E-state index is 12.7. The number of nitrogens with two attached hydrogens (primary N) is 1. The van der Waals surface area contributed by atoms with Crippen LogP contribution in [0.4, 0.5) is 5.69 Å². The molecule has 2 atom stereocenters. The van der Waals surface area contributed by atoms with Crippen LogP contribution in [0.3, 0.4) is 0 Å². The smallest absolute Gasteiger partial charge is 0.326 e. The largest absolute Gasteiger partial charge is 0.459 e. The van der Waals surface area contributed by atoms with E-state index in [2.05, 4.69) is 29.6 Å². The van der Waals surface area contributed by atoms with Gasteiger partial charge in [-0.1, -0.05) is 36.4 Å². The van der Waals surface area contributed by atoms with Gasteiger partial charge in [0.25, 0.3) is 0 Å². The molecule has 3 N–H and O–H groups in total. The van der Waals surface area contributed by atoms with Crippen LogP contribution in [-0.4, -0.2) is 29.8 Å². The summed E-state index contributed by atoms with van der Waals surface area (Å²) in [4.78, 5) is 12.7. The van der Waals surface area contributed by atoms with Gasteiger partial charge in [0.1, 0.15) is 11.6 Å². The average Bonchev–Trinajstić information content (AvgIpc) is 2.63. The predicted molar refractivity (Wildman–Crippen MR) is 123 cm³/mol. The number of hydrogen-bond donors (Lipinski definition) is 2. The fourth-order valence-electron chi connectivity index (χ4n) is 2.97. The molecular formula is C25H36N2O3. The van der Waals surface area contributed by atoms with E-state index in [0.717, 1.165) is 22.4 Å². The molecular weight excluding hydrogens is 376 g/mol. The lowest BCUT2D eigenvalue weighted by Crippen LogP contribution is -2.46. The fraction of sp³-hybridized carbons (Fsp3) is 0.480. The minimum Gasteiger partial charge on any atom is -0.459 e. The number of nitrogens with one attached hydrogen (secondary N) is 1. The van der Waals surface area contributed by atoms with E-state index in [9.17, 15) is 4.79 Å². The van der Waals surface area contributed by atoms with Gasteiger partial charge in [0.2, 0.25) is 0 Å². The summed E-state index contributed by atoms with van der Waals surface area (Å²) in [7, 11) is 0. The first-order valence-electron chi connectivity index (χ1n) is 10.4. The first-order valence-corrected chi connectivity index (χ1v) is 10.4. The summed E-state index contributed by atoms with van der Waals surface area (Å²) in [6, 6.07) is 15.5. The second kappa shape index (κ2) is 9.63. The molecule has 0 spiro atoms. The summed E-state index contributed by atoms with van der Waals surface area (Å²) >= 11 is 0. The minimum atomic E-state index is -0.563. The summed E-state index contributed by atoms with van der Waals surface area (Å²) in [6.45, 7) is 13.8. The number of ether oxygens (including phenoxy) is 2. The Balaban J connectivity index is 2.13. The molecule has 0 saturated heterocycles. The topological polar surface area (TPSA) is 73.6 Å². The Hall–Kier alpha value is -2.37. The number of hydrogen-bond acceptors (Lipinski definition) is 5. The lowest BCUT2D eigenvalue weighted by Gasteiger charge is -2.29. The molecule has 5 nitrogen and oxygen atoms in total. The van der Waals surface area contributed by atoms with Crippen LogP contribution in [0.25, 0.3) is 11.1 Å². The summed E-state index contributed by atoms with van der Waals surface area (Å²) in [5.74, 6) is -0.310. The molecule has 164 valence electrons. The highest BCUT2D eigenvalue weighted by molar-refractivity contribution is 5.76. The third-order valence-corrected chi connectivity index (χ3v) is 4.46. The van der Waals surface area contributed by atoms with Gasteiger partial charge in [-0.25, -0.2) is 0 Å². The van der Waals surface area contributed by atoms with Crippen molar-refractivity contribution in [2.75, 3.05) is 12.3 Å². The van der Waals surface area contributed by atoms with E-state index >= 15 is 0 Å². The van der Waals surface area contributed by atoms with Crippen LogP contribution in [0, 0.1) is 0 Å². The number of nitrogen functional groups attached to an aromatic ring is 1. The SMILES string of the molecule is CC(N[C@@H](COC(C)(C)C)C(=O)OC(C)(C)C)c1ccc(-c2cccc(N)c2)cc1. The van der Waals surface area contributed by atoms with Gasteiger partial charge in [0.05, 0.1) is 12.2 Å². The Kier molecular flexibility index (Phi) is 7.67. The molecule has 0 aliphatic rings. The first kappa shape index (κ1) is 23.9. The number of rotatable bonds is 7. The normalized spacial score (nSPS) is 14.2. The molecule has 0 amide bonds. The van der Waals surface area contributed by atoms with Crippen molar-refractivity contribution in [3.05, 3.63) is 54.1 Å². The van der Waals surface area contributed by atoms with Gasteiger partial charge in [-0.05, 0) is 77.3 Å². The van der Waals surface area contributed by atoms with E-state index in [-0.39, 0.29) is 24.2 Å². The van der Waals surface area contributed by atoms with Crippen LogP contribution in [0.5, 0.6) is 0 Å². The number of benzene rings is 2. The first-order chi connectivity index (χ1) is 13.8. The van der Waals surface area contributed by atoms with E-state index in [4.69, 9.17) is 15.2 Å². The molecule has 0 saturated carbocycles. The van der Waals surface area contributed by atoms with Crippen LogP contribution < -0.4 is 11.1 Å². The van der Waals surface area contributed by atoms with Crippen molar-refractivity contribution in [3.63, 3.8) is 0 Å². The maximum atomic E-state index is 12.7. The highest BCUT2D eigenvalue weighted by atomic mass is 16.6. The van der Waals surface area contributed by atoms with E-state index in [1.54, 1.807) is 0 Å². The van der Waals surface area contributed by atoms with Crippen LogP contribution in [-0.2, 0) is 14.3 Å². The van der Waals surface area contributed by atoms with Gasteiger partial charge >= 0.3 is 5.97 Å². The van der Waals surface area contributed by atoms with Gasteiger partial charge in [-0.15, -0.1) is 0 Å². The Morgan fingerprint density at radius 3 is 2.13 bits per heavy atom. The standard InChI is InChI=1S/C25H36N2O3/c1-17(18-11-13-19(14-12-18)20-9-8-10-21(26)15-20)27-22(16-29-24(2,3)4)23(28)30-25(5,6)7/h8-15,17,22,27H,16,26H2,1-7H3/t17?,22-/m0/s1. The second-order valence-corrected chi connectivity index (χ2v) is 9.65. The van der Waals surface area contributed by atoms with Crippen molar-refractivity contribution < 1.29 is 14.3 Å². The van der Waals surface area contributed by atoms with E-state index in [1.807, 2.05) is 72.7 Å². The summed E-state index contributed by atoms with van der Waals surface area (Å²) in [5, 5.41) is 3.38. The molecule has 2 rings (SSSR count). The third-order valence-electron chi connectivity index (χ3n) is 4.46. The van der Waals surface area contributed by atoms with E-state index < -0.39 is 11.6 Å². The zero-order valence-electron chi connectivity index (χ0n) is 19.3. The summed E-state index contributed by atoms with van der Waals surface area (Å²) < 4.78 is 11.5. The molecule has 0 radical (unpaired) electrons. The van der Waals surface area contributed by atoms with Crippen LogP contribution in [0.15, 0.2) is 48.5 Å². The predicted octanol–water partition coefficient (Wildman–Crippen LogP) is 5.11. The minimum absolute atomic E-state index is 0.0546. The summed E-state index contributed by atoms with van der Waals surface area (Å²) in [6.07, 6.45) is 0. The second-order valence-electron chi connectivity index (χ2n) is 9.65. The van der Waals surface area contributed by atoms with Gasteiger partial charge in [0.15, 0.2) is 0 Å². The Labute approximate surface area is 181 Å². The highest BCUT2D eigenvalue weighted by Crippen LogP contribution is 2.24. The number of carbonyl (C=O) groups is 1. The van der Waals surface area contributed by atoms with Crippen molar-refractivity contribution in [1.82, 2.24) is 5.32 Å². The van der Waals surface area contributed by atoms with Crippen LogP contribution >= 0.6 is 0 Å². The van der Waals surface area contributed by atoms with Crippen LogP contribution in [0.1, 0.15) is 60.1 Å². The molecule has 0 heterocycles. The molecule has 0 aromatic heterocycles. The molecule has 30 heavy (non-hydrogen) atoms. The highest BCUT2D eigenvalue weighted by Gasteiger charge is 2.28. The lowest BCUT2D eigenvalue weighted by atomic mass is 10.0. The van der Waals surface area contributed by atoms with Crippen LogP contribution in [0.2, 0.25) is 0 Å². The monoisotopic (exact) mass is 412 g/mol. The maximum Gasteiger partial charge on any atom is 0.326 e. The van der Waals surface area contributed by atoms with Crippen molar-refractivity contribution in [2.45, 2.75) is 71.8 Å². The Morgan fingerprint density at radius 1 is 0.967 bits per heavy atom. The number of carbonyl (C=O) groups excluding carboxylic acids is 1. The number of anilines is 1. The van der Waals surface area contributed by atoms with Gasteiger partial charge in [-0.2, -0.15) is 0 Å². The van der Waals surface area contributed by atoms with Crippen molar-refractivity contribution >= 4 is 11.7 Å². The summed E-state index contributed by atoms with van der Waals surface area (Å²) in [5.41, 5.74) is 8.99. The average molecular weight is 413 g/mol. The quantitative estimate of drug-likeness (QED) is 0.488. The Bertz CT molecular complexity index is 833. The fourth-order valence-corrected chi connectivity index (χ4v) is 2.97. The molecule has 2 aromatic carbocycles. The Morgan fingerprint density at radius 2 is 1.60 bits per heavy atom. The zero-order chi connectivity index (χ0) is 22.5. The molecule has 0 bridgehead atoms. The van der Waals surface area contributed by atoms with Crippen molar-refractivity contribution in [2.24, 2.45) is 0 Å². The molecule has 0 fully saturated rings. The third kappa shape index (κ3) is 7.81. The zero-order valence-corrected chi connectivity index (χ0v) is 19.3. The van der Waals surface area contributed by atoms with E-state index in [0.29, 0.717) is 0 Å². The van der Waals surface area contributed by atoms with Gasteiger partial charge in [0, 0.05) is 11.7 Å².